The maximum absolute atomic E-state index is 5.51. The summed E-state index contributed by atoms with van der Waals surface area (Å²) < 4.78 is 5.51. The van der Waals surface area contributed by atoms with E-state index in [1.165, 1.54) is 63.8 Å². The molecule has 1 saturated heterocycles. The quantitative estimate of drug-likeness (QED) is 0.694. The lowest BCUT2D eigenvalue weighted by atomic mass is 9.88. The van der Waals surface area contributed by atoms with Crippen molar-refractivity contribution in [1.82, 2.24) is 9.80 Å². The van der Waals surface area contributed by atoms with Gasteiger partial charge in [0, 0.05) is 31.2 Å². The number of methoxy groups -OCH3 is 1. The van der Waals surface area contributed by atoms with Gasteiger partial charge in [0.05, 0.1) is 7.11 Å². The lowest BCUT2D eigenvalue weighted by Crippen LogP contribution is -2.46. The van der Waals surface area contributed by atoms with Crippen molar-refractivity contribution >= 4 is 0 Å². The number of ether oxygens (including phenoxy) is 1. The molecule has 0 atom stereocenters. The average molecular weight is 345 g/mol. The fraction of sp³-hybridized carbons (Fsp3) is 0.727. The number of likely N-dealkylation sites (tertiary alicyclic amines) is 1. The van der Waals surface area contributed by atoms with E-state index in [4.69, 9.17) is 4.74 Å². The second-order valence-electron chi connectivity index (χ2n) is 8.46. The zero-order chi connectivity index (χ0) is 17.6. The third kappa shape index (κ3) is 5.21. The molecular weight excluding hydrogens is 308 g/mol. The number of para-hydroxylation sites is 1. The highest BCUT2D eigenvalue weighted by Gasteiger charge is 2.29. The summed E-state index contributed by atoms with van der Waals surface area (Å²) in [4.78, 5) is 5.42. The summed E-state index contributed by atoms with van der Waals surface area (Å²) in [6, 6.07) is 9.33. The fourth-order valence-electron chi connectivity index (χ4n) is 4.33. The highest BCUT2D eigenvalue weighted by atomic mass is 16.5. The van der Waals surface area contributed by atoms with Crippen LogP contribution in [-0.4, -0.2) is 49.1 Å². The normalized spacial score (nSPS) is 20.2. The highest BCUT2D eigenvalue weighted by molar-refractivity contribution is 5.33. The van der Waals surface area contributed by atoms with Crippen LogP contribution in [0.15, 0.2) is 24.3 Å². The molecular formula is C22H36N2O. The number of nitrogens with zero attached hydrogens (tertiary/aromatic N) is 2. The van der Waals surface area contributed by atoms with Crippen LogP contribution in [0.4, 0.5) is 0 Å². The molecule has 3 rings (SSSR count). The molecule has 1 saturated carbocycles. The third-order valence-corrected chi connectivity index (χ3v) is 5.98. The summed E-state index contributed by atoms with van der Waals surface area (Å²) in [7, 11) is 1.77. The van der Waals surface area contributed by atoms with Gasteiger partial charge in [-0.05, 0) is 56.7 Å². The van der Waals surface area contributed by atoms with E-state index in [1.807, 2.05) is 0 Å². The Kier molecular flexibility index (Phi) is 6.77. The van der Waals surface area contributed by atoms with E-state index in [0.717, 1.165) is 30.2 Å². The van der Waals surface area contributed by atoms with Crippen molar-refractivity contribution in [3.8, 4) is 5.75 Å². The molecule has 2 aliphatic rings. The zero-order valence-corrected chi connectivity index (χ0v) is 16.4. The van der Waals surface area contributed by atoms with Gasteiger partial charge in [-0.25, -0.2) is 0 Å². The van der Waals surface area contributed by atoms with Gasteiger partial charge in [0.2, 0.25) is 0 Å². The smallest absolute Gasteiger partial charge is 0.123 e. The van der Waals surface area contributed by atoms with Crippen LogP contribution < -0.4 is 4.74 Å². The average Bonchev–Trinajstić information content (AvgIpc) is 2.55. The largest absolute Gasteiger partial charge is 0.496 e. The number of benzene rings is 1. The lowest BCUT2D eigenvalue weighted by Gasteiger charge is -2.42. The summed E-state index contributed by atoms with van der Waals surface area (Å²) in [5.74, 6) is 2.69. The standard InChI is InChI=1S/C22H36N2O/c1-18(2)15-24(21-8-6-9-21)16-19-11-13-23(14-12-19)17-20-7-4-5-10-22(20)25-3/h4-5,7,10,18-19,21H,6,8-9,11-17H2,1-3H3. The first-order valence-corrected chi connectivity index (χ1v) is 10.2. The molecule has 140 valence electrons. The van der Waals surface area contributed by atoms with Gasteiger partial charge in [0.25, 0.3) is 0 Å². The minimum atomic E-state index is 0.784. The minimum absolute atomic E-state index is 0.784. The van der Waals surface area contributed by atoms with Crippen LogP contribution >= 0.6 is 0 Å². The maximum atomic E-state index is 5.51. The van der Waals surface area contributed by atoms with E-state index >= 15 is 0 Å². The number of hydrogen-bond donors (Lipinski definition) is 0. The first kappa shape index (κ1) is 18.7. The van der Waals surface area contributed by atoms with E-state index in [2.05, 4.69) is 47.9 Å². The van der Waals surface area contributed by atoms with Crippen molar-refractivity contribution in [2.75, 3.05) is 33.3 Å². The summed E-state index contributed by atoms with van der Waals surface area (Å²) in [5, 5.41) is 0. The molecule has 1 aliphatic carbocycles. The molecule has 1 aromatic carbocycles. The van der Waals surface area contributed by atoms with Crippen LogP contribution in [0, 0.1) is 11.8 Å². The van der Waals surface area contributed by atoms with Crippen LogP contribution in [0.2, 0.25) is 0 Å². The molecule has 0 amide bonds. The van der Waals surface area contributed by atoms with Crippen LogP contribution in [0.25, 0.3) is 0 Å². The van der Waals surface area contributed by atoms with E-state index in [-0.39, 0.29) is 0 Å². The van der Waals surface area contributed by atoms with Gasteiger partial charge in [-0.2, -0.15) is 0 Å². The number of piperidine rings is 1. The van der Waals surface area contributed by atoms with Crippen molar-refractivity contribution < 1.29 is 4.74 Å². The molecule has 2 fully saturated rings. The highest BCUT2D eigenvalue weighted by Crippen LogP contribution is 2.29. The minimum Gasteiger partial charge on any atom is -0.496 e. The van der Waals surface area contributed by atoms with E-state index in [1.54, 1.807) is 7.11 Å². The molecule has 0 bridgehead atoms. The summed E-state index contributed by atoms with van der Waals surface area (Å²) in [5.41, 5.74) is 1.32. The van der Waals surface area contributed by atoms with Crippen LogP contribution in [0.5, 0.6) is 5.75 Å². The molecule has 3 heteroatoms. The monoisotopic (exact) mass is 344 g/mol. The van der Waals surface area contributed by atoms with Crippen molar-refractivity contribution in [2.24, 2.45) is 11.8 Å². The Labute approximate surface area is 154 Å². The molecule has 0 spiro atoms. The Morgan fingerprint density at radius 3 is 2.44 bits per heavy atom. The Balaban J connectivity index is 1.47. The SMILES string of the molecule is COc1ccccc1CN1CCC(CN(CC(C)C)C2CCC2)CC1. The molecule has 0 aromatic heterocycles. The van der Waals surface area contributed by atoms with Gasteiger partial charge in [-0.15, -0.1) is 0 Å². The van der Waals surface area contributed by atoms with Gasteiger partial charge in [-0.1, -0.05) is 38.5 Å². The molecule has 3 nitrogen and oxygen atoms in total. The second-order valence-corrected chi connectivity index (χ2v) is 8.46. The first-order chi connectivity index (χ1) is 12.2. The molecule has 1 aromatic rings. The summed E-state index contributed by atoms with van der Waals surface area (Å²) >= 11 is 0. The van der Waals surface area contributed by atoms with Crippen molar-refractivity contribution in [3.63, 3.8) is 0 Å². The first-order valence-electron chi connectivity index (χ1n) is 10.2. The van der Waals surface area contributed by atoms with Crippen LogP contribution in [0.1, 0.15) is 51.5 Å². The van der Waals surface area contributed by atoms with Crippen molar-refractivity contribution in [2.45, 2.75) is 58.5 Å². The van der Waals surface area contributed by atoms with E-state index in [9.17, 15) is 0 Å². The number of rotatable bonds is 8. The third-order valence-electron chi connectivity index (χ3n) is 5.98. The molecule has 0 N–H and O–H groups in total. The van der Waals surface area contributed by atoms with Crippen LogP contribution in [-0.2, 0) is 6.54 Å². The Morgan fingerprint density at radius 2 is 1.84 bits per heavy atom. The summed E-state index contributed by atoms with van der Waals surface area (Å²) in [6.45, 7) is 10.8. The van der Waals surface area contributed by atoms with Crippen LogP contribution in [0.3, 0.4) is 0 Å². The molecule has 0 radical (unpaired) electrons. The van der Waals surface area contributed by atoms with Gasteiger partial charge in [0.1, 0.15) is 5.75 Å². The Bertz CT molecular complexity index is 519. The molecule has 1 heterocycles. The van der Waals surface area contributed by atoms with Gasteiger partial charge in [-0.3, -0.25) is 9.80 Å². The van der Waals surface area contributed by atoms with Crippen molar-refractivity contribution in [1.29, 1.82) is 0 Å². The molecule has 25 heavy (non-hydrogen) atoms. The van der Waals surface area contributed by atoms with Crippen molar-refractivity contribution in [3.05, 3.63) is 29.8 Å². The Hall–Kier alpha value is -1.06. The fourth-order valence-corrected chi connectivity index (χ4v) is 4.33. The topological polar surface area (TPSA) is 15.7 Å². The Morgan fingerprint density at radius 1 is 1.12 bits per heavy atom. The lowest BCUT2D eigenvalue weighted by molar-refractivity contribution is 0.0716. The van der Waals surface area contributed by atoms with Gasteiger partial charge < -0.3 is 4.74 Å². The van der Waals surface area contributed by atoms with E-state index < -0.39 is 0 Å². The van der Waals surface area contributed by atoms with Gasteiger partial charge in [0.15, 0.2) is 0 Å². The molecule has 0 unspecified atom stereocenters. The van der Waals surface area contributed by atoms with Gasteiger partial charge >= 0.3 is 0 Å². The zero-order valence-electron chi connectivity index (χ0n) is 16.4. The predicted molar refractivity (Wildman–Crippen MR) is 105 cm³/mol. The van der Waals surface area contributed by atoms with E-state index in [0.29, 0.717) is 0 Å². The molecule has 1 aliphatic heterocycles. The summed E-state index contributed by atoms with van der Waals surface area (Å²) in [6.07, 6.45) is 6.99. The maximum Gasteiger partial charge on any atom is 0.123 e. The second kappa shape index (κ2) is 9.05. The number of hydrogen-bond acceptors (Lipinski definition) is 3. The predicted octanol–water partition coefficient (Wildman–Crippen LogP) is 4.42.